The largest absolute Gasteiger partial charge is 0.459 e. The van der Waals surface area contributed by atoms with Crippen molar-refractivity contribution in [3.63, 3.8) is 0 Å². The zero-order chi connectivity index (χ0) is 35.4. The van der Waals surface area contributed by atoms with Crippen LogP contribution in [0.3, 0.4) is 0 Å². The molecule has 12 nitrogen and oxygen atoms in total. The van der Waals surface area contributed by atoms with Crippen LogP contribution >= 0.6 is 0 Å². The van der Waals surface area contributed by atoms with Gasteiger partial charge in [-0.1, -0.05) is 39.8 Å². The van der Waals surface area contributed by atoms with E-state index < -0.39 is 53.2 Å². The summed E-state index contributed by atoms with van der Waals surface area (Å²) in [6.45, 7) is 16.0. The fourth-order valence-electron chi connectivity index (χ4n) is 7.13. The van der Waals surface area contributed by atoms with Crippen LogP contribution in [0.1, 0.15) is 75.2 Å². The van der Waals surface area contributed by atoms with E-state index >= 15 is 0 Å². The first kappa shape index (κ1) is 37.4. The number of carbonyl (C=O) groups is 2. The molecule has 2 N–H and O–H groups in total. The Labute approximate surface area is 283 Å². The number of cyclic esters (lactones) is 1. The smallest absolute Gasteiger partial charge is 0.311 e. The summed E-state index contributed by atoms with van der Waals surface area (Å²) >= 11 is 0. The maximum absolute atomic E-state index is 13.4. The Kier molecular flexibility index (Phi) is 12.0. The van der Waals surface area contributed by atoms with Crippen molar-refractivity contribution in [2.75, 3.05) is 13.2 Å². The third-order valence-corrected chi connectivity index (χ3v) is 10.3. The Morgan fingerprint density at radius 1 is 1.10 bits per heavy atom. The van der Waals surface area contributed by atoms with Gasteiger partial charge in [0.15, 0.2) is 5.75 Å². The first-order valence-corrected chi connectivity index (χ1v) is 16.9. The topological polar surface area (TPSA) is 154 Å². The highest BCUT2D eigenvalue weighted by molar-refractivity contribution is 5.98. The Morgan fingerprint density at radius 2 is 1.79 bits per heavy atom. The van der Waals surface area contributed by atoms with Crippen LogP contribution in [0.15, 0.2) is 52.9 Å². The maximum atomic E-state index is 13.4. The van der Waals surface area contributed by atoms with Crippen molar-refractivity contribution >= 4 is 23.3 Å². The predicted octanol–water partition coefficient (Wildman–Crippen LogP) is 4.79. The van der Waals surface area contributed by atoms with Gasteiger partial charge in [0.2, 0.25) is 5.91 Å². The van der Waals surface area contributed by atoms with Crippen molar-refractivity contribution in [2.45, 2.75) is 105 Å². The van der Waals surface area contributed by atoms with Crippen LogP contribution < -0.4 is 4.84 Å². The number of rotatable bonds is 4. The molecule has 1 aromatic heterocycles. The minimum atomic E-state index is -1.73. The number of fused-ring (bicyclic) bond motifs is 5. The van der Waals surface area contributed by atoms with Crippen LogP contribution in [-0.2, 0) is 23.8 Å². The van der Waals surface area contributed by atoms with Crippen molar-refractivity contribution in [1.29, 1.82) is 0 Å². The summed E-state index contributed by atoms with van der Waals surface area (Å²) in [5, 5.41) is 32.4. The van der Waals surface area contributed by atoms with E-state index in [2.05, 4.69) is 15.2 Å². The molecule has 0 saturated carbocycles. The van der Waals surface area contributed by atoms with E-state index in [0.29, 0.717) is 23.6 Å². The molecule has 2 aliphatic heterocycles. The van der Waals surface area contributed by atoms with Crippen molar-refractivity contribution < 1.29 is 38.9 Å². The van der Waals surface area contributed by atoms with E-state index in [-0.39, 0.29) is 37.4 Å². The minimum Gasteiger partial charge on any atom is -0.459 e. The lowest BCUT2D eigenvalue weighted by atomic mass is 9.70. The van der Waals surface area contributed by atoms with Crippen molar-refractivity contribution in [1.82, 2.24) is 9.78 Å². The standard InChI is InChI=1S/C36H52N4O8/c1-10-30-36(9,44)33-23(4)31(38-26(7)41)21(2)18-35(8,25(6)22(3)32(42)24(5)34(43)47-30)46-20-27(19-45-33)39-48-29-14-12-28(13-15-29)40-17-11-16-37-40/h11-17,21-25,30,32-33,42,44H,10,18-20H2,1-9H3/b38-31?,39-27+/t21-,22-,23?,24?,25-,30-,32+,33?,35-,36-/m1/s1. The lowest BCUT2D eigenvalue weighted by Crippen LogP contribution is -2.57. The van der Waals surface area contributed by atoms with Crippen LogP contribution in [0.25, 0.3) is 5.69 Å². The van der Waals surface area contributed by atoms with Crippen molar-refractivity contribution in [2.24, 2.45) is 39.7 Å². The van der Waals surface area contributed by atoms with Gasteiger partial charge >= 0.3 is 5.97 Å². The van der Waals surface area contributed by atoms with Crippen LogP contribution in [0.5, 0.6) is 5.75 Å². The average molecular weight is 669 g/mol. The molecule has 1 aromatic carbocycles. The number of amides is 1. The molecule has 0 aliphatic carbocycles. The highest BCUT2D eigenvalue weighted by atomic mass is 16.6. The lowest BCUT2D eigenvalue weighted by molar-refractivity contribution is -0.195. The second kappa shape index (κ2) is 15.4. The minimum absolute atomic E-state index is 0.0202. The summed E-state index contributed by atoms with van der Waals surface area (Å²) in [4.78, 5) is 36.3. The van der Waals surface area contributed by atoms with E-state index in [0.717, 1.165) is 5.69 Å². The van der Waals surface area contributed by atoms with E-state index in [4.69, 9.17) is 19.0 Å². The molecular formula is C36H52N4O8. The number of benzene rings is 1. The Balaban J connectivity index is 1.83. The number of carbonyl (C=O) groups excluding carboxylic acids is 2. The van der Waals surface area contributed by atoms with Crippen LogP contribution in [-0.4, -0.2) is 86.0 Å². The number of aliphatic imine (C=N–C) groups is 1. The Bertz CT molecular complexity index is 1460. The molecule has 48 heavy (non-hydrogen) atoms. The average Bonchev–Trinajstić information content (AvgIpc) is 3.59. The quantitative estimate of drug-likeness (QED) is 0.346. The summed E-state index contributed by atoms with van der Waals surface area (Å²) < 4.78 is 20.9. The van der Waals surface area contributed by atoms with Gasteiger partial charge in [0.1, 0.15) is 17.4 Å². The fourth-order valence-corrected chi connectivity index (χ4v) is 7.13. The van der Waals surface area contributed by atoms with E-state index in [9.17, 15) is 19.8 Å². The first-order valence-electron chi connectivity index (χ1n) is 16.9. The van der Waals surface area contributed by atoms with Gasteiger partial charge < -0.3 is 29.3 Å². The molecular weight excluding hydrogens is 616 g/mol. The van der Waals surface area contributed by atoms with E-state index in [1.807, 2.05) is 65.9 Å². The van der Waals surface area contributed by atoms with Gasteiger partial charge in [0, 0.05) is 30.9 Å². The zero-order valence-corrected chi connectivity index (χ0v) is 29.6. The number of aliphatic hydroxyl groups is 2. The number of nitrogens with zero attached hydrogens (tertiary/aromatic N) is 4. The Hall–Kier alpha value is -3.45. The number of aromatic nitrogens is 2. The summed E-state index contributed by atoms with van der Waals surface area (Å²) in [6.07, 6.45) is 1.21. The predicted molar refractivity (Wildman–Crippen MR) is 181 cm³/mol. The molecule has 3 unspecified atom stereocenters. The van der Waals surface area contributed by atoms with Crippen LogP contribution in [0.4, 0.5) is 0 Å². The SMILES string of the molecule is CC[C@H]1OC(=O)C(C)[C@@H](O)[C@H](C)[C@@H](C)[C@@]2(C)C[C@@H](C)C(=NC(C)=O)C(C)C(OC/C(=N\Oc3ccc(-n4cccn4)cc3)CO2)[C@]1(C)O. The molecule has 3 heterocycles. The van der Waals surface area contributed by atoms with Gasteiger partial charge in [-0.3, -0.25) is 9.59 Å². The molecule has 0 radical (unpaired) electrons. The molecule has 2 aliphatic rings. The molecule has 2 aromatic rings. The fraction of sp³-hybridized carbons (Fsp3) is 0.639. The van der Waals surface area contributed by atoms with Gasteiger partial charge in [0.25, 0.3) is 0 Å². The van der Waals surface area contributed by atoms with E-state index in [1.165, 1.54) is 6.92 Å². The lowest BCUT2D eigenvalue weighted by Gasteiger charge is -2.45. The number of esters is 1. The number of ether oxygens (including phenoxy) is 3. The van der Waals surface area contributed by atoms with Gasteiger partial charge in [-0.15, -0.1) is 0 Å². The highest BCUT2D eigenvalue weighted by Gasteiger charge is 2.50. The molecule has 1 amide bonds. The second-order valence-electron chi connectivity index (χ2n) is 14.0. The third kappa shape index (κ3) is 8.22. The summed E-state index contributed by atoms with van der Waals surface area (Å²) in [5.74, 6) is -2.91. The van der Waals surface area contributed by atoms with Gasteiger partial charge in [0.05, 0.1) is 42.6 Å². The second-order valence-corrected chi connectivity index (χ2v) is 14.0. The third-order valence-electron chi connectivity index (χ3n) is 10.3. The first-order chi connectivity index (χ1) is 22.6. The summed E-state index contributed by atoms with van der Waals surface area (Å²) in [5.41, 5.74) is -0.800. The molecule has 2 bridgehead atoms. The summed E-state index contributed by atoms with van der Waals surface area (Å²) in [6, 6.07) is 9.12. The van der Waals surface area contributed by atoms with Crippen molar-refractivity contribution in [3.8, 4) is 11.4 Å². The normalized spacial score (nSPS) is 37.3. The number of hydrogen-bond donors (Lipinski definition) is 2. The summed E-state index contributed by atoms with van der Waals surface area (Å²) in [7, 11) is 0. The number of aliphatic hydroxyl groups excluding tert-OH is 1. The van der Waals surface area contributed by atoms with Gasteiger partial charge in [-0.2, -0.15) is 5.10 Å². The molecule has 12 heteroatoms. The highest BCUT2D eigenvalue weighted by Crippen LogP contribution is 2.40. The zero-order valence-electron chi connectivity index (χ0n) is 29.6. The molecule has 0 spiro atoms. The number of hydrogen-bond acceptors (Lipinski definition) is 10. The van der Waals surface area contributed by atoms with Crippen LogP contribution in [0, 0.1) is 29.6 Å². The maximum Gasteiger partial charge on any atom is 0.311 e. The van der Waals surface area contributed by atoms with Gasteiger partial charge in [-0.25, -0.2) is 9.67 Å². The molecule has 2 fully saturated rings. The monoisotopic (exact) mass is 668 g/mol. The molecule has 4 rings (SSSR count). The Morgan fingerprint density at radius 3 is 2.40 bits per heavy atom. The van der Waals surface area contributed by atoms with Gasteiger partial charge in [-0.05, 0) is 81.7 Å². The van der Waals surface area contributed by atoms with E-state index in [1.54, 1.807) is 36.9 Å². The molecule has 10 atom stereocenters. The number of oxime groups is 1. The van der Waals surface area contributed by atoms with Crippen LogP contribution in [0.2, 0.25) is 0 Å². The molecule has 264 valence electrons. The van der Waals surface area contributed by atoms with Crippen molar-refractivity contribution in [3.05, 3.63) is 42.7 Å². The molecule has 2 saturated heterocycles.